The first kappa shape index (κ1) is 26.8. The lowest BCUT2D eigenvalue weighted by molar-refractivity contribution is -0.137. The van der Waals surface area contributed by atoms with Crippen LogP contribution >= 0.6 is 11.6 Å². The molecular formula is C28H27ClO7. The number of carbonyl (C=O) groups excluding carboxylic acids is 3. The van der Waals surface area contributed by atoms with Gasteiger partial charge in [0.25, 0.3) is 0 Å². The predicted molar refractivity (Wildman–Crippen MR) is 135 cm³/mol. The van der Waals surface area contributed by atoms with E-state index in [1.807, 2.05) is 6.08 Å². The third kappa shape index (κ3) is 8.43. The number of hydrogen-bond acceptors (Lipinski definition) is 7. The summed E-state index contributed by atoms with van der Waals surface area (Å²) in [5.74, 6) is -0.400. The van der Waals surface area contributed by atoms with Gasteiger partial charge in [-0.05, 0) is 68.5 Å². The average Bonchev–Trinajstić information content (AvgIpc) is 3.42. The third-order valence-corrected chi connectivity index (χ3v) is 5.43. The summed E-state index contributed by atoms with van der Waals surface area (Å²) >= 11 is 6.20. The zero-order valence-corrected chi connectivity index (χ0v) is 20.5. The van der Waals surface area contributed by atoms with Crippen LogP contribution in [0.3, 0.4) is 0 Å². The third-order valence-electron chi connectivity index (χ3n) is 5.13. The molecule has 0 saturated carbocycles. The molecule has 188 valence electrons. The number of benzene rings is 2. The van der Waals surface area contributed by atoms with Gasteiger partial charge in [-0.1, -0.05) is 36.4 Å². The molecule has 0 unspecified atom stereocenters. The normalized spacial score (nSPS) is 12.0. The van der Waals surface area contributed by atoms with Crippen LogP contribution in [0.2, 0.25) is 5.02 Å². The Labute approximate surface area is 214 Å². The summed E-state index contributed by atoms with van der Waals surface area (Å²) in [5.41, 5.74) is 0.820. The molecule has 3 rings (SSSR count). The Balaban J connectivity index is 1.40. The number of ether oxygens (including phenoxy) is 4. The maximum atomic E-state index is 12.5. The average molecular weight is 511 g/mol. The highest BCUT2D eigenvalue weighted by molar-refractivity contribution is 6.32. The van der Waals surface area contributed by atoms with Crippen LogP contribution in [0.4, 0.5) is 0 Å². The van der Waals surface area contributed by atoms with Crippen LogP contribution in [-0.2, 0) is 14.3 Å². The second-order valence-corrected chi connectivity index (χ2v) is 8.23. The zero-order valence-electron chi connectivity index (χ0n) is 19.7. The minimum absolute atomic E-state index is 0.151. The highest BCUT2D eigenvalue weighted by Gasteiger charge is 2.15. The van der Waals surface area contributed by atoms with Crippen LogP contribution in [0.5, 0.6) is 17.2 Å². The Kier molecular flexibility index (Phi) is 10.3. The van der Waals surface area contributed by atoms with Crippen molar-refractivity contribution in [2.75, 3.05) is 13.2 Å². The molecule has 0 bridgehead atoms. The van der Waals surface area contributed by atoms with Crippen LogP contribution in [0.25, 0.3) is 0 Å². The largest absolute Gasteiger partial charge is 0.494 e. The van der Waals surface area contributed by atoms with Gasteiger partial charge in [-0.25, -0.2) is 14.4 Å². The van der Waals surface area contributed by atoms with Crippen LogP contribution in [0.1, 0.15) is 42.5 Å². The fourth-order valence-corrected chi connectivity index (χ4v) is 3.44. The highest BCUT2D eigenvalue weighted by atomic mass is 35.5. The van der Waals surface area contributed by atoms with Crippen LogP contribution in [0.15, 0.2) is 78.9 Å². The Hall–Kier alpha value is -3.84. The number of esters is 3. The maximum Gasteiger partial charge on any atom is 0.343 e. The quantitative estimate of drug-likeness (QED) is 0.141. The fraction of sp³-hybridized carbons (Fsp3) is 0.250. The van der Waals surface area contributed by atoms with Crippen molar-refractivity contribution in [3.63, 3.8) is 0 Å². The molecule has 0 spiro atoms. The minimum atomic E-state index is -0.555. The van der Waals surface area contributed by atoms with Gasteiger partial charge in [0.2, 0.25) is 0 Å². The van der Waals surface area contributed by atoms with Gasteiger partial charge in [-0.2, -0.15) is 0 Å². The first-order valence-electron chi connectivity index (χ1n) is 11.6. The van der Waals surface area contributed by atoms with Crippen LogP contribution in [0, 0.1) is 0 Å². The lowest BCUT2D eigenvalue weighted by Crippen LogP contribution is -2.10. The lowest BCUT2D eigenvalue weighted by Gasteiger charge is -2.10. The van der Waals surface area contributed by atoms with Gasteiger partial charge in [-0.3, -0.25) is 0 Å². The van der Waals surface area contributed by atoms with Crippen LogP contribution < -0.4 is 14.2 Å². The van der Waals surface area contributed by atoms with Crippen LogP contribution in [-0.4, -0.2) is 31.1 Å². The van der Waals surface area contributed by atoms with Gasteiger partial charge in [0.1, 0.15) is 17.2 Å². The molecule has 1 aliphatic rings. The highest BCUT2D eigenvalue weighted by Crippen LogP contribution is 2.30. The summed E-state index contributed by atoms with van der Waals surface area (Å²) in [5, 5.41) is 0.151. The van der Waals surface area contributed by atoms with E-state index in [1.54, 1.807) is 36.4 Å². The van der Waals surface area contributed by atoms with Gasteiger partial charge in [0.05, 0.1) is 29.4 Å². The number of rotatable bonds is 13. The Morgan fingerprint density at radius 3 is 2.28 bits per heavy atom. The molecule has 2 aromatic carbocycles. The van der Waals surface area contributed by atoms with E-state index in [9.17, 15) is 14.4 Å². The zero-order chi connectivity index (χ0) is 25.8. The SMILES string of the molecule is C=CC(=O)OCCCCCCOc1ccc(C(=O)Oc2ccc(OC(=O)C3=CCC=C3)c(Cl)c2)cc1. The number of unbranched alkanes of at least 4 members (excludes halogenated alkanes) is 3. The van der Waals surface area contributed by atoms with E-state index in [0.717, 1.165) is 31.8 Å². The van der Waals surface area contributed by atoms with Crippen molar-refractivity contribution < 1.29 is 33.3 Å². The minimum Gasteiger partial charge on any atom is -0.494 e. The summed E-state index contributed by atoms with van der Waals surface area (Å²) < 4.78 is 21.3. The van der Waals surface area contributed by atoms with Crippen molar-refractivity contribution in [3.8, 4) is 17.2 Å². The van der Waals surface area contributed by atoms with E-state index in [4.69, 9.17) is 30.5 Å². The summed E-state index contributed by atoms with van der Waals surface area (Å²) in [7, 11) is 0. The summed E-state index contributed by atoms with van der Waals surface area (Å²) in [4.78, 5) is 35.5. The van der Waals surface area contributed by atoms with Gasteiger partial charge >= 0.3 is 17.9 Å². The van der Waals surface area contributed by atoms with Gasteiger partial charge in [0, 0.05) is 12.1 Å². The molecule has 8 heteroatoms. The standard InChI is InChI=1S/C28H27ClO7/c1-2-26(30)34-18-8-4-3-7-17-33-22-13-11-21(12-14-22)27(31)35-23-15-16-25(24(29)19-23)36-28(32)20-9-5-6-10-20/h2,5,9-16,19H,1,3-4,6-8,17-18H2. The lowest BCUT2D eigenvalue weighted by atomic mass is 10.2. The van der Waals surface area contributed by atoms with Crippen molar-refractivity contribution in [3.05, 3.63) is 89.5 Å². The first-order chi connectivity index (χ1) is 17.5. The van der Waals surface area contributed by atoms with Crippen molar-refractivity contribution in [2.45, 2.75) is 32.1 Å². The molecule has 1 aliphatic carbocycles. The molecule has 7 nitrogen and oxygen atoms in total. The monoisotopic (exact) mass is 510 g/mol. The van der Waals surface area contributed by atoms with Crippen molar-refractivity contribution in [1.29, 1.82) is 0 Å². The molecule has 0 aliphatic heterocycles. The molecule has 0 atom stereocenters. The molecule has 0 radical (unpaired) electrons. The molecule has 0 heterocycles. The fourth-order valence-electron chi connectivity index (χ4n) is 3.23. The number of hydrogen-bond donors (Lipinski definition) is 0. The second kappa shape index (κ2) is 13.9. The Morgan fingerprint density at radius 1 is 0.889 bits per heavy atom. The Bertz CT molecular complexity index is 1150. The van der Waals surface area contributed by atoms with E-state index >= 15 is 0 Å². The summed E-state index contributed by atoms with van der Waals surface area (Å²) in [6, 6.07) is 11.0. The van der Waals surface area contributed by atoms with E-state index in [-0.39, 0.29) is 16.5 Å². The van der Waals surface area contributed by atoms with E-state index in [2.05, 4.69) is 6.58 Å². The van der Waals surface area contributed by atoms with Gasteiger partial charge in [0.15, 0.2) is 0 Å². The molecular weight excluding hydrogens is 484 g/mol. The Morgan fingerprint density at radius 2 is 1.61 bits per heavy atom. The van der Waals surface area contributed by atoms with Crippen molar-refractivity contribution >= 4 is 29.5 Å². The second-order valence-electron chi connectivity index (χ2n) is 7.83. The molecule has 0 N–H and O–H groups in total. The summed E-state index contributed by atoms with van der Waals surface area (Å²) in [6.45, 7) is 4.28. The summed E-state index contributed by atoms with van der Waals surface area (Å²) in [6.07, 6.45) is 10.7. The van der Waals surface area contributed by atoms with Crippen molar-refractivity contribution in [2.24, 2.45) is 0 Å². The van der Waals surface area contributed by atoms with Crippen molar-refractivity contribution in [1.82, 2.24) is 0 Å². The molecule has 0 aromatic heterocycles. The smallest absolute Gasteiger partial charge is 0.343 e. The molecule has 0 amide bonds. The van der Waals surface area contributed by atoms with Gasteiger partial charge in [-0.15, -0.1) is 0 Å². The molecule has 36 heavy (non-hydrogen) atoms. The maximum absolute atomic E-state index is 12.5. The number of halogens is 1. The molecule has 0 fully saturated rings. The topological polar surface area (TPSA) is 88.1 Å². The van der Waals surface area contributed by atoms with E-state index in [1.165, 1.54) is 18.2 Å². The number of allylic oxidation sites excluding steroid dienone is 2. The number of carbonyl (C=O) groups is 3. The van der Waals surface area contributed by atoms with E-state index < -0.39 is 17.9 Å². The predicted octanol–water partition coefficient (Wildman–Crippen LogP) is 6.02. The van der Waals surface area contributed by atoms with Gasteiger partial charge < -0.3 is 18.9 Å². The molecule has 2 aromatic rings. The van der Waals surface area contributed by atoms with E-state index in [0.29, 0.717) is 36.5 Å². The first-order valence-corrected chi connectivity index (χ1v) is 12.0. The molecule has 0 saturated heterocycles.